The maximum atomic E-state index is 12.3. The van der Waals surface area contributed by atoms with Crippen LogP contribution in [0.4, 0.5) is 5.69 Å². The highest BCUT2D eigenvalue weighted by atomic mass is 32.1. The number of nitrogens with one attached hydrogen (secondary N) is 1. The fraction of sp³-hybridized carbons (Fsp3) is 0.476. The first-order chi connectivity index (χ1) is 13.0. The molecule has 0 bridgehead atoms. The van der Waals surface area contributed by atoms with Gasteiger partial charge < -0.3 is 19.7 Å². The van der Waals surface area contributed by atoms with Gasteiger partial charge in [0.15, 0.2) is 11.5 Å². The molecule has 0 aliphatic carbocycles. The van der Waals surface area contributed by atoms with Crippen molar-refractivity contribution in [1.82, 2.24) is 5.32 Å². The molecule has 0 aliphatic heterocycles. The molecule has 1 amide bonds. The third kappa shape index (κ3) is 4.75. The Morgan fingerprint density at radius 2 is 1.81 bits per heavy atom. The molecule has 0 atom stereocenters. The molecule has 0 saturated heterocycles. The summed E-state index contributed by atoms with van der Waals surface area (Å²) in [5.74, 6) is 1.41. The fourth-order valence-electron chi connectivity index (χ4n) is 2.98. The van der Waals surface area contributed by atoms with E-state index >= 15 is 0 Å². The Morgan fingerprint density at radius 3 is 2.37 bits per heavy atom. The van der Waals surface area contributed by atoms with Gasteiger partial charge in [-0.25, -0.2) is 0 Å². The minimum absolute atomic E-state index is 0.0501. The zero-order valence-electron chi connectivity index (χ0n) is 17.1. The topological polar surface area (TPSA) is 50.8 Å². The van der Waals surface area contributed by atoms with E-state index in [-0.39, 0.29) is 11.9 Å². The van der Waals surface area contributed by atoms with Crippen LogP contribution in [0.5, 0.6) is 11.5 Å². The summed E-state index contributed by atoms with van der Waals surface area (Å²) in [4.78, 5) is 16.2. The molecule has 0 saturated carbocycles. The van der Waals surface area contributed by atoms with Crippen LogP contribution in [-0.4, -0.2) is 38.8 Å². The minimum Gasteiger partial charge on any atom is -0.491 e. The molecule has 0 fully saturated rings. The molecule has 2 rings (SSSR count). The van der Waals surface area contributed by atoms with Crippen LogP contribution in [0.2, 0.25) is 0 Å². The summed E-state index contributed by atoms with van der Waals surface area (Å²) in [7, 11) is 1.67. The standard InChI is InChI=1S/C21H30N2O3S/c1-7-23(8-2)16-11-10-15(19(26-9-3)20(16)25-6)17-12-13-18(27-17)21(24)22-14(4)5/h10-14H,7-9H2,1-6H3,(H,22,24). The second-order valence-electron chi connectivity index (χ2n) is 6.39. The average molecular weight is 391 g/mol. The summed E-state index contributed by atoms with van der Waals surface area (Å²) in [6.07, 6.45) is 0. The number of carbonyl (C=O) groups excluding carboxylic acids is 1. The highest BCUT2D eigenvalue weighted by Gasteiger charge is 2.21. The smallest absolute Gasteiger partial charge is 0.261 e. The van der Waals surface area contributed by atoms with Crippen LogP contribution >= 0.6 is 11.3 Å². The van der Waals surface area contributed by atoms with Gasteiger partial charge >= 0.3 is 0 Å². The van der Waals surface area contributed by atoms with E-state index < -0.39 is 0 Å². The number of carbonyl (C=O) groups is 1. The van der Waals surface area contributed by atoms with E-state index in [4.69, 9.17) is 9.47 Å². The van der Waals surface area contributed by atoms with E-state index in [0.29, 0.717) is 11.5 Å². The Kier molecular flexibility index (Phi) is 7.54. The predicted octanol–water partition coefficient (Wildman–Crippen LogP) is 4.81. The van der Waals surface area contributed by atoms with Crippen molar-refractivity contribution < 1.29 is 14.3 Å². The number of methoxy groups -OCH3 is 1. The lowest BCUT2D eigenvalue weighted by molar-refractivity contribution is 0.0947. The van der Waals surface area contributed by atoms with Crippen molar-refractivity contribution in [3.05, 3.63) is 29.1 Å². The monoisotopic (exact) mass is 390 g/mol. The van der Waals surface area contributed by atoms with Crippen molar-refractivity contribution in [3.63, 3.8) is 0 Å². The van der Waals surface area contributed by atoms with Crippen LogP contribution < -0.4 is 19.7 Å². The number of anilines is 1. The lowest BCUT2D eigenvalue weighted by atomic mass is 10.1. The normalized spacial score (nSPS) is 10.8. The van der Waals surface area contributed by atoms with Crippen LogP contribution in [0.3, 0.4) is 0 Å². The van der Waals surface area contributed by atoms with Crippen molar-refractivity contribution in [3.8, 4) is 21.9 Å². The predicted molar refractivity (Wildman–Crippen MR) is 114 cm³/mol. The summed E-state index contributed by atoms with van der Waals surface area (Å²) < 4.78 is 11.7. The first-order valence-corrected chi connectivity index (χ1v) is 10.3. The van der Waals surface area contributed by atoms with Gasteiger partial charge in [0, 0.05) is 29.6 Å². The molecule has 148 valence electrons. The molecule has 6 heteroatoms. The van der Waals surface area contributed by atoms with Gasteiger partial charge in [-0.15, -0.1) is 11.3 Å². The van der Waals surface area contributed by atoms with Crippen LogP contribution in [0.15, 0.2) is 24.3 Å². The number of amides is 1. The van der Waals surface area contributed by atoms with E-state index in [1.807, 2.05) is 32.9 Å². The van der Waals surface area contributed by atoms with Crippen molar-refractivity contribution in [2.45, 2.75) is 40.7 Å². The van der Waals surface area contributed by atoms with Crippen molar-refractivity contribution >= 4 is 22.9 Å². The van der Waals surface area contributed by atoms with Crippen molar-refractivity contribution in [2.75, 3.05) is 31.7 Å². The van der Waals surface area contributed by atoms with Gasteiger partial charge in [0.05, 0.1) is 24.3 Å². The number of nitrogens with zero attached hydrogens (tertiary/aromatic N) is 1. The van der Waals surface area contributed by atoms with E-state index in [2.05, 4.69) is 36.2 Å². The van der Waals surface area contributed by atoms with E-state index in [9.17, 15) is 4.79 Å². The second kappa shape index (κ2) is 9.65. The van der Waals surface area contributed by atoms with Gasteiger partial charge in [0.1, 0.15) is 0 Å². The van der Waals surface area contributed by atoms with Gasteiger partial charge in [-0.05, 0) is 58.9 Å². The van der Waals surface area contributed by atoms with Gasteiger partial charge in [-0.2, -0.15) is 0 Å². The largest absolute Gasteiger partial charge is 0.491 e. The van der Waals surface area contributed by atoms with Gasteiger partial charge in [0.2, 0.25) is 0 Å². The quantitative estimate of drug-likeness (QED) is 0.668. The summed E-state index contributed by atoms with van der Waals surface area (Å²) in [5.41, 5.74) is 1.96. The zero-order valence-corrected chi connectivity index (χ0v) is 17.9. The van der Waals surface area contributed by atoms with Crippen LogP contribution in [0.1, 0.15) is 44.3 Å². The first kappa shape index (κ1) is 21.1. The zero-order chi connectivity index (χ0) is 20.0. The summed E-state index contributed by atoms with van der Waals surface area (Å²) in [5, 5.41) is 2.93. The average Bonchev–Trinajstić information content (AvgIpc) is 3.12. The van der Waals surface area contributed by atoms with E-state index in [1.165, 1.54) is 11.3 Å². The fourth-order valence-corrected chi connectivity index (χ4v) is 3.91. The Hall–Kier alpha value is -2.21. The molecule has 0 spiro atoms. The molecule has 1 aromatic carbocycles. The molecule has 5 nitrogen and oxygen atoms in total. The summed E-state index contributed by atoms with van der Waals surface area (Å²) >= 11 is 1.46. The molecule has 1 N–H and O–H groups in total. The SMILES string of the molecule is CCOc1c(-c2ccc(C(=O)NC(C)C)s2)ccc(N(CC)CC)c1OC. The highest BCUT2D eigenvalue weighted by molar-refractivity contribution is 7.17. The lowest BCUT2D eigenvalue weighted by Crippen LogP contribution is -2.29. The second-order valence-corrected chi connectivity index (χ2v) is 7.48. The highest BCUT2D eigenvalue weighted by Crippen LogP contribution is 2.46. The third-order valence-electron chi connectivity index (χ3n) is 4.20. The molecule has 0 radical (unpaired) electrons. The molecule has 2 aromatic rings. The molecule has 1 heterocycles. The van der Waals surface area contributed by atoms with Crippen molar-refractivity contribution in [1.29, 1.82) is 0 Å². The maximum Gasteiger partial charge on any atom is 0.261 e. The number of hydrogen-bond donors (Lipinski definition) is 1. The Bertz CT molecular complexity index is 767. The molecular formula is C21H30N2O3S. The Labute approximate surface area is 166 Å². The van der Waals surface area contributed by atoms with Crippen LogP contribution in [0.25, 0.3) is 10.4 Å². The number of ether oxygens (including phenoxy) is 2. The summed E-state index contributed by atoms with van der Waals surface area (Å²) in [6.45, 7) is 12.4. The maximum absolute atomic E-state index is 12.3. The minimum atomic E-state index is -0.0501. The van der Waals surface area contributed by atoms with Crippen molar-refractivity contribution in [2.24, 2.45) is 0 Å². The Balaban J connectivity index is 2.51. The van der Waals surface area contributed by atoms with Crippen LogP contribution in [0, 0.1) is 0 Å². The molecule has 27 heavy (non-hydrogen) atoms. The van der Waals surface area contributed by atoms with E-state index in [1.54, 1.807) is 7.11 Å². The number of hydrogen-bond acceptors (Lipinski definition) is 5. The number of benzene rings is 1. The first-order valence-electron chi connectivity index (χ1n) is 9.46. The van der Waals surface area contributed by atoms with E-state index in [0.717, 1.165) is 40.7 Å². The lowest BCUT2D eigenvalue weighted by Gasteiger charge is -2.25. The number of thiophene rings is 1. The third-order valence-corrected chi connectivity index (χ3v) is 5.32. The van der Waals surface area contributed by atoms with Gasteiger partial charge in [0.25, 0.3) is 5.91 Å². The molecule has 0 unspecified atom stereocenters. The summed E-state index contributed by atoms with van der Waals surface area (Å²) in [6, 6.07) is 8.05. The van der Waals surface area contributed by atoms with Gasteiger partial charge in [-0.1, -0.05) is 0 Å². The Morgan fingerprint density at radius 1 is 1.11 bits per heavy atom. The van der Waals surface area contributed by atoms with Crippen LogP contribution in [-0.2, 0) is 0 Å². The molecule has 1 aromatic heterocycles. The molecule has 0 aliphatic rings. The number of rotatable bonds is 9. The molecular weight excluding hydrogens is 360 g/mol. The van der Waals surface area contributed by atoms with Gasteiger partial charge in [-0.3, -0.25) is 4.79 Å².